The van der Waals surface area contributed by atoms with Crippen LogP contribution in [0.5, 0.6) is 11.5 Å². The highest BCUT2D eigenvalue weighted by Gasteiger charge is 2.39. The predicted molar refractivity (Wildman–Crippen MR) is 114 cm³/mol. The quantitative estimate of drug-likeness (QED) is 0.568. The van der Waals surface area contributed by atoms with Gasteiger partial charge in [0.05, 0.1) is 25.0 Å². The van der Waals surface area contributed by atoms with Crippen LogP contribution in [-0.4, -0.2) is 50.7 Å². The SMILES string of the molecule is Cc1cn(-c2ccc3n(c2=O)CCN(CCOc2ccc(F)c4c2OC(F)(F)CC4)C3=O)cn1. The Balaban J connectivity index is 1.29. The number of carbonyl (C=O) groups is 1. The number of alkyl halides is 2. The first-order valence-corrected chi connectivity index (χ1v) is 10.8. The van der Waals surface area contributed by atoms with Gasteiger partial charge in [0, 0.05) is 24.8 Å². The van der Waals surface area contributed by atoms with Crippen molar-refractivity contribution in [3.05, 3.63) is 69.9 Å². The zero-order valence-electron chi connectivity index (χ0n) is 18.3. The number of hydrogen-bond donors (Lipinski definition) is 0. The van der Waals surface area contributed by atoms with E-state index >= 15 is 0 Å². The summed E-state index contributed by atoms with van der Waals surface area (Å²) < 4.78 is 54.7. The molecular formula is C23H21F3N4O4. The van der Waals surface area contributed by atoms with Crippen LogP contribution in [0.25, 0.3) is 5.69 Å². The van der Waals surface area contributed by atoms with Crippen molar-refractivity contribution in [3.8, 4) is 17.2 Å². The number of hydrogen-bond acceptors (Lipinski definition) is 5. The smallest absolute Gasteiger partial charge is 0.398 e. The number of halogens is 3. The molecule has 2 aliphatic rings. The Kier molecular flexibility index (Phi) is 5.34. The van der Waals surface area contributed by atoms with Gasteiger partial charge in [0.15, 0.2) is 11.5 Å². The van der Waals surface area contributed by atoms with E-state index in [1.165, 1.54) is 15.5 Å². The van der Waals surface area contributed by atoms with Crippen molar-refractivity contribution in [3.63, 3.8) is 0 Å². The summed E-state index contributed by atoms with van der Waals surface area (Å²) in [6.45, 7) is 2.52. The van der Waals surface area contributed by atoms with E-state index in [0.717, 1.165) is 11.8 Å². The molecule has 8 nitrogen and oxygen atoms in total. The lowest BCUT2D eigenvalue weighted by molar-refractivity contribution is -0.188. The fraction of sp³-hybridized carbons (Fsp3) is 0.348. The molecule has 2 aliphatic heterocycles. The number of pyridine rings is 1. The van der Waals surface area contributed by atoms with Crippen LogP contribution in [0, 0.1) is 12.7 Å². The van der Waals surface area contributed by atoms with Crippen LogP contribution < -0.4 is 15.0 Å². The van der Waals surface area contributed by atoms with E-state index in [0.29, 0.717) is 12.2 Å². The van der Waals surface area contributed by atoms with Gasteiger partial charge in [-0.1, -0.05) is 0 Å². The van der Waals surface area contributed by atoms with Gasteiger partial charge in [-0.05, 0) is 37.6 Å². The Morgan fingerprint density at radius 3 is 2.76 bits per heavy atom. The number of aryl methyl sites for hydroxylation is 1. The Hall–Kier alpha value is -3.76. The molecule has 1 amide bonds. The summed E-state index contributed by atoms with van der Waals surface area (Å²) in [6, 6.07) is 5.56. The second-order valence-electron chi connectivity index (χ2n) is 8.22. The van der Waals surface area contributed by atoms with Crippen molar-refractivity contribution in [2.75, 3.05) is 19.7 Å². The van der Waals surface area contributed by atoms with Gasteiger partial charge in [0.25, 0.3) is 11.5 Å². The molecule has 5 rings (SSSR count). The summed E-state index contributed by atoms with van der Waals surface area (Å²) in [5, 5.41) is 0. The van der Waals surface area contributed by atoms with Crippen LogP contribution in [0.1, 0.15) is 28.2 Å². The molecule has 0 saturated carbocycles. The van der Waals surface area contributed by atoms with Crippen LogP contribution in [0.15, 0.2) is 41.6 Å². The van der Waals surface area contributed by atoms with Crippen LogP contribution in [-0.2, 0) is 13.0 Å². The van der Waals surface area contributed by atoms with E-state index in [9.17, 15) is 22.8 Å². The summed E-state index contributed by atoms with van der Waals surface area (Å²) in [6.07, 6.45) is -0.897. The summed E-state index contributed by atoms with van der Waals surface area (Å²) in [7, 11) is 0. The summed E-state index contributed by atoms with van der Waals surface area (Å²) >= 11 is 0. The minimum absolute atomic E-state index is 0.00267. The van der Waals surface area contributed by atoms with Gasteiger partial charge in [-0.2, -0.15) is 8.78 Å². The fourth-order valence-corrected chi connectivity index (χ4v) is 4.20. The standard InChI is InChI=1S/C23H21F3N4O4/c1-14-12-29(13-27-14)17-3-4-18-21(31)28(8-9-30(18)22(17)32)10-11-33-19-5-2-16(24)15-6-7-23(25,26)34-20(15)19/h2-5,12-13H,6-11H2,1H3. The zero-order valence-corrected chi connectivity index (χ0v) is 18.3. The molecule has 2 aromatic heterocycles. The molecule has 4 heterocycles. The first kappa shape index (κ1) is 22.1. The minimum Gasteiger partial charge on any atom is -0.488 e. The Morgan fingerprint density at radius 2 is 2.00 bits per heavy atom. The molecule has 11 heteroatoms. The number of ether oxygens (including phenoxy) is 2. The molecule has 0 unspecified atom stereocenters. The summed E-state index contributed by atoms with van der Waals surface area (Å²) in [5.41, 5.74) is 1.16. The van der Waals surface area contributed by atoms with E-state index in [1.54, 1.807) is 29.2 Å². The average molecular weight is 474 g/mol. The van der Waals surface area contributed by atoms with E-state index in [4.69, 9.17) is 4.74 Å². The molecule has 0 aliphatic carbocycles. The third-order valence-corrected chi connectivity index (χ3v) is 5.95. The molecule has 3 aromatic rings. The van der Waals surface area contributed by atoms with Crippen LogP contribution in [0.2, 0.25) is 0 Å². The maximum atomic E-state index is 14.0. The highest BCUT2D eigenvalue weighted by atomic mass is 19.3. The van der Waals surface area contributed by atoms with Crippen LogP contribution in [0.3, 0.4) is 0 Å². The molecule has 0 saturated heterocycles. The van der Waals surface area contributed by atoms with Crippen LogP contribution >= 0.6 is 0 Å². The average Bonchev–Trinajstić information content (AvgIpc) is 3.22. The van der Waals surface area contributed by atoms with Crippen molar-refractivity contribution in [1.82, 2.24) is 19.0 Å². The predicted octanol–water partition coefficient (Wildman–Crippen LogP) is 2.93. The number of benzene rings is 1. The fourth-order valence-electron chi connectivity index (χ4n) is 4.20. The Morgan fingerprint density at radius 1 is 1.18 bits per heavy atom. The second kappa shape index (κ2) is 8.23. The van der Waals surface area contributed by atoms with Crippen molar-refractivity contribution >= 4 is 5.91 Å². The number of rotatable bonds is 5. The molecule has 178 valence electrons. The first-order chi connectivity index (χ1) is 16.2. The highest BCUT2D eigenvalue weighted by molar-refractivity contribution is 5.93. The summed E-state index contributed by atoms with van der Waals surface area (Å²) in [4.78, 5) is 31.5. The van der Waals surface area contributed by atoms with E-state index < -0.39 is 18.3 Å². The molecule has 0 atom stereocenters. The van der Waals surface area contributed by atoms with Gasteiger partial charge in [0.2, 0.25) is 0 Å². The topological polar surface area (TPSA) is 78.6 Å². The van der Waals surface area contributed by atoms with E-state index in [-0.39, 0.29) is 60.3 Å². The largest absolute Gasteiger partial charge is 0.488 e. The van der Waals surface area contributed by atoms with E-state index in [1.807, 2.05) is 6.92 Å². The lowest BCUT2D eigenvalue weighted by Gasteiger charge is -2.30. The highest BCUT2D eigenvalue weighted by Crippen LogP contribution is 2.42. The number of fused-ring (bicyclic) bond motifs is 2. The first-order valence-electron chi connectivity index (χ1n) is 10.8. The van der Waals surface area contributed by atoms with Gasteiger partial charge in [-0.3, -0.25) is 9.59 Å². The van der Waals surface area contributed by atoms with Gasteiger partial charge >= 0.3 is 6.11 Å². The number of carbonyl (C=O) groups excluding carboxylic acids is 1. The maximum absolute atomic E-state index is 14.0. The molecule has 0 fully saturated rings. The van der Waals surface area contributed by atoms with E-state index in [2.05, 4.69) is 9.72 Å². The minimum atomic E-state index is -3.40. The third-order valence-electron chi connectivity index (χ3n) is 5.95. The van der Waals surface area contributed by atoms with Crippen molar-refractivity contribution < 1.29 is 27.4 Å². The molecule has 0 bridgehead atoms. The van der Waals surface area contributed by atoms with Gasteiger partial charge in [-0.15, -0.1) is 0 Å². The monoisotopic (exact) mass is 474 g/mol. The Labute approximate surface area is 192 Å². The number of aromatic nitrogens is 3. The molecule has 0 N–H and O–H groups in total. The second-order valence-corrected chi connectivity index (χ2v) is 8.22. The van der Waals surface area contributed by atoms with Gasteiger partial charge < -0.3 is 23.5 Å². The number of nitrogens with zero attached hydrogens (tertiary/aromatic N) is 4. The molecule has 0 spiro atoms. The third kappa shape index (κ3) is 3.91. The lowest BCUT2D eigenvalue weighted by Crippen LogP contribution is -2.46. The molecular weight excluding hydrogens is 453 g/mol. The van der Waals surface area contributed by atoms with Crippen molar-refractivity contribution in [2.24, 2.45) is 0 Å². The maximum Gasteiger partial charge on any atom is 0.398 e. The van der Waals surface area contributed by atoms with Gasteiger partial charge in [0.1, 0.15) is 23.8 Å². The van der Waals surface area contributed by atoms with Crippen molar-refractivity contribution in [2.45, 2.75) is 32.4 Å². The molecule has 1 aromatic carbocycles. The lowest BCUT2D eigenvalue weighted by atomic mass is 10.0. The number of amides is 1. The number of imidazole rings is 1. The zero-order chi connectivity index (χ0) is 24.0. The normalized spacial score (nSPS) is 16.6. The summed E-state index contributed by atoms with van der Waals surface area (Å²) in [5.74, 6) is -1.28. The molecule has 0 radical (unpaired) electrons. The van der Waals surface area contributed by atoms with Crippen LogP contribution in [0.4, 0.5) is 13.2 Å². The Bertz CT molecular complexity index is 1330. The molecule has 34 heavy (non-hydrogen) atoms. The van der Waals surface area contributed by atoms with Crippen molar-refractivity contribution in [1.29, 1.82) is 0 Å². The van der Waals surface area contributed by atoms with Gasteiger partial charge in [-0.25, -0.2) is 9.37 Å².